The summed E-state index contributed by atoms with van der Waals surface area (Å²) in [4.78, 5) is 12.2. The van der Waals surface area contributed by atoms with Crippen LogP contribution in [0.1, 0.15) is 21.5 Å². The molecule has 2 rings (SSSR count). The fourth-order valence-electron chi connectivity index (χ4n) is 2.13. The van der Waals surface area contributed by atoms with Crippen LogP contribution in [0.25, 0.3) is 0 Å². The largest absolute Gasteiger partial charge is 0.491 e. The molecule has 0 atom stereocenters. The maximum atomic E-state index is 12.2. The van der Waals surface area contributed by atoms with Gasteiger partial charge >= 0.3 is 0 Å². The lowest BCUT2D eigenvalue weighted by Crippen LogP contribution is -2.23. The fraction of sp³-hybridized carbons (Fsp3) is 0.278. The minimum atomic E-state index is -0.166. The summed E-state index contributed by atoms with van der Waals surface area (Å²) in [6, 6.07) is 12.8. The predicted molar refractivity (Wildman–Crippen MR) is 97.8 cm³/mol. The van der Waals surface area contributed by atoms with Gasteiger partial charge in [0.1, 0.15) is 12.4 Å². The molecule has 0 saturated heterocycles. The molecule has 0 saturated carbocycles. The number of aryl methyl sites for hydroxylation is 1. The minimum Gasteiger partial charge on any atom is -0.491 e. The molecule has 24 heavy (non-hydrogen) atoms. The lowest BCUT2D eigenvalue weighted by molar-refractivity contribution is 0.0950. The summed E-state index contributed by atoms with van der Waals surface area (Å²) in [5.41, 5.74) is 8.83. The summed E-state index contributed by atoms with van der Waals surface area (Å²) in [5, 5.41) is 2.89. The van der Waals surface area contributed by atoms with Crippen LogP contribution in [0.3, 0.4) is 0 Å². The molecule has 0 spiro atoms. The molecule has 0 aliphatic heterocycles. The molecule has 0 bridgehead atoms. The van der Waals surface area contributed by atoms with Crippen LogP contribution in [0.4, 0.5) is 5.69 Å². The van der Waals surface area contributed by atoms with Gasteiger partial charge in [-0.2, -0.15) is 0 Å². The number of nitrogen functional groups attached to an aromatic ring is 1. The number of carbonyl (C=O) groups is 1. The molecule has 0 aliphatic rings. The Morgan fingerprint density at radius 1 is 1.17 bits per heavy atom. The van der Waals surface area contributed by atoms with E-state index in [9.17, 15) is 4.79 Å². The Morgan fingerprint density at radius 2 is 1.96 bits per heavy atom. The van der Waals surface area contributed by atoms with Crippen LogP contribution in [0, 0.1) is 6.92 Å². The van der Waals surface area contributed by atoms with Crippen molar-refractivity contribution < 1.29 is 14.3 Å². The molecule has 3 N–H and O–H groups in total. The van der Waals surface area contributed by atoms with E-state index < -0.39 is 0 Å². The van der Waals surface area contributed by atoms with E-state index in [1.54, 1.807) is 31.4 Å². The van der Waals surface area contributed by atoms with Gasteiger partial charge in [0.15, 0.2) is 0 Å². The molecule has 2 aromatic carbocycles. The van der Waals surface area contributed by atoms with Gasteiger partial charge in [-0.1, -0.05) is 18.2 Å². The van der Waals surface area contributed by atoms with Gasteiger partial charge in [0, 0.05) is 30.5 Å². The highest BCUT2D eigenvalue weighted by Crippen LogP contribution is 2.20. The molecule has 130 valence electrons. The van der Waals surface area contributed by atoms with Gasteiger partial charge in [0.25, 0.3) is 5.91 Å². The van der Waals surface area contributed by atoms with Crippen molar-refractivity contribution in [1.29, 1.82) is 0 Å². The minimum absolute atomic E-state index is 0. The highest BCUT2D eigenvalue weighted by molar-refractivity contribution is 5.94. The molecule has 0 fully saturated rings. The Hall–Kier alpha value is -2.24. The number of hydrogen-bond donors (Lipinski definition) is 2. The van der Waals surface area contributed by atoms with E-state index in [0.717, 1.165) is 16.9 Å². The standard InChI is InChI=1S/C18H22N2O3.ClH/c1-13-6-7-15(17(10-13)23-9-8-22-2)12-20-18(21)14-4-3-5-16(19)11-14;/h3-7,10-11H,8-9,12,19H2,1-2H3,(H,20,21);1H. The number of hydrogen-bond acceptors (Lipinski definition) is 4. The van der Waals surface area contributed by atoms with Gasteiger partial charge in [-0.25, -0.2) is 0 Å². The zero-order chi connectivity index (χ0) is 16.7. The molecule has 5 nitrogen and oxygen atoms in total. The predicted octanol–water partition coefficient (Wildman–Crippen LogP) is 2.95. The van der Waals surface area contributed by atoms with Crippen molar-refractivity contribution >= 4 is 24.0 Å². The van der Waals surface area contributed by atoms with Gasteiger partial charge in [0.2, 0.25) is 0 Å². The molecule has 6 heteroatoms. The summed E-state index contributed by atoms with van der Waals surface area (Å²) in [5.74, 6) is 0.593. The highest BCUT2D eigenvalue weighted by Gasteiger charge is 2.09. The van der Waals surface area contributed by atoms with E-state index in [0.29, 0.717) is 31.0 Å². The lowest BCUT2D eigenvalue weighted by Gasteiger charge is -2.13. The van der Waals surface area contributed by atoms with Gasteiger partial charge < -0.3 is 20.5 Å². The molecule has 2 aromatic rings. The Morgan fingerprint density at radius 3 is 2.67 bits per heavy atom. The maximum Gasteiger partial charge on any atom is 0.251 e. The number of ether oxygens (including phenoxy) is 2. The van der Waals surface area contributed by atoms with Crippen molar-refractivity contribution in [3.05, 3.63) is 59.2 Å². The topological polar surface area (TPSA) is 73.6 Å². The first-order valence-corrected chi connectivity index (χ1v) is 7.45. The third kappa shape index (κ3) is 5.76. The van der Waals surface area contributed by atoms with E-state index in [2.05, 4.69) is 5.32 Å². The number of anilines is 1. The van der Waals surface area contributed by atoms with E-state index in [1.165, 1.54) is 0 Å². The van der Waals surface area contributed by atoms with Crippen LogP contribution < -0.4 is 15.8 Å². The smallest absolute Gasteiger partial charge is 0.251 e. The first kappa shape index (κ1) is 19.8. The fourth-order valence-corrected chi connectivity index (χ4v) is 2.13. The van der Waals surface area contributed by atoms with Crippen LogP contribution >= 0.6 is 12.4 Å². The second-order valence-electron chi connectivity index (χ2n) is 5.26. The number of halogens is 1. The molecule has 0 heterocycles. The molecule has 1 amide bonds. The zero-order valence-electron chi connectivity index (χ0n) is 13.9. The Labute approximate surface area is 148 Å². The average Bonchev–Trinajstić information content (AvgIpc) is 2.54. The van der Waals surface area contributed by atoms with E-state index >= 15 is 0 Å². The number of amides is 1. The van der Waals surface area contributed by atoms with Crippen molar-refractivity contribution in [2.75, 3.05) is 26.1 Å². The molecule has 0 unspecified atom stereocenters. The molecule has 0 radical (unpaired) electrons. The van der Waals surface area contributed by atoms with E-state index in [4.69, 9.17) is 15.2 Å². The van der Waals surface area contributed by atoms with Crippen LogP contribution in [0.15, 0.2) is 42.5 Å². The Bertz CT molecular complexity index is 677. The lowest BCUT2D eigenvalue weighted by atomic mass is 10.1. The Balaban J connectivity index is 0.00000288. The van der Waals surface area contributed by atoms with Crippen molar-refractivity contribution in [2.45, 2.75) is 13.5 Å². The summed E-state index contributed by atoms with van der Waals surface area (Å²) < 4.78 is 10.7. The number of benzene rings is 2. The Kier molecular flexibility index (Phi) is 8.09. The summed E-state index contributed by atoms with van der Waals surface area (Å²) in [6.45, 7) is 3.37. The number of nitrogens with one attached hydrogen (secondary N) is 1. The van der Waals surface area contributed by atoms with Gasteiger partial charge in [-0.15, -0.1) is 12.4 Å². The number of rotatable bonds is 7. The van der Waals surface area contributed by atoms with Gasteiger partial charge in [0.05, 0.1) is 6.61 Å². The SMILES string of the molecule is COCCOc1cc(C)ccc1CNC(=O)c1cccc(N)c1.Cl. The second kappa shape index (κ2) is 9.80. The first-order chi connectivity index (χ1) is 11.1. The first-order valence-electron chi connectivity index (χ1n) is 7.45. The normalized spacial score (nSPS) is 9.92. The van der Waals surface area contributed by atoms with Crippen LogP contribution in [0.5, 0.6) is 5.75 Å². The van der Waals surface area contributed by atoms with Crippen molar-refractivity contribution in [2.24, 2.45) is 0 Å². The summed E-state index contributed by atoms with van der Waals surface area (Å²) >= 11 is 0. The zero-order valence-corrected chi connectivity index (χ0v) is 14.7. The number of carbonyl (C=O) groups excluding carboxylic acids is 1. The molecular formula is C18H23ClN2O3. The van der Waals surface area contributed by atoms with Crippen molar-refractivity contribution in [3.63, 3.8) is 0 Å². The third-order valence-electron chi connectivity index (χ3n) is 3.36. The number of methoxy groups -OCH3 is 1. The van der Waals surface area contributed by atoms with Gasteiger partial charge in [-0.05, 0) is 36.8 Å². The van der Waals surface area contributed by atoms with E-state index in [-0.39, 0.29) is 18.3 Å². The maximum absolute atomic E-state index is 12.2. The molecular weight excluding hydrogens is 328 g/mol. The van der Waals surface area contributed by atoms with Crippen molar-refractivity contribution in [3.8, 4) is 5.75 Å². The van der Waals surface area contributed by atoms with Crippen LogP contribution in [-0.4, -0.2) is 26.2 Å². The second-order valence-corrected chi connectivity index (χ2v) is 5.26. The monoisotopic (exact) mass is 350 g/mol. The molecule has 0 aliphatic carbocycles. The quantitative estimate of drug-likeness (QED) is 0.594. The van der Waals surface area contributed by atoms with E-state index in [1.807, 2.05) is 25.1 Å². The van der Waals surface area contributed by atoms with Crippen LogP contribution in [-0.2, 0) is 11.3 Å². The highest BCUT2D eigenvalue weighted by atomic mass is 35.5. The summed E-state index contributed by atoms with van der Waals surface area (Å²) in [6.07, 6.45) is 0. The summed E-state index contributed by atoms with van der Waals surface area (Å²) in [7, 11) is 1.63. The number of nitrogens with two attached hydrogens (primary N) is 1. The third-order valence-corrected chi connectivity index (χ3v) is 3.36. The molecule has 0 aromatic heterocycles. The van der Waals surface area contributed by atoms with Crippen LogP contribution in [0.2, 0.25) is 0 Å². The van der Waals surface area contributed by atoms with Crippen molar-refractivity contribution in [1.82, 2.24) is 5.32 Å². The van der Waals surface area contributed by atoms with Gasteiger partial charge in [-0.3, -0.25) is 4.79 Å². The average molecular weight is 351 g/mol.